The van der Waals surface area contributed by atoms with Crippen molar-refractivity contribution in [2.45, 2.75) is 105 Å². The van der Waals surface area contributed by atoms with Crippen LogP contribution < -0.4 is 0 Å². The Morgan fingerprint density at radius 1 is 0.556 bits per heavy atom. The number of esters is 2. The van der Waals surface area contributed by atoms with Crippen molar-refractivity contribution in [3.63, 3.8) is 0 Å². The molecule has 0 fully saturated rings. The number of nitrogens with zero attached hydrogens (tertiary/aromatic N) is 3. The zero-order valence-electron chi connectivity index (χ0n) is 28.9. The second kappa shape index (κ2) is 20.3. The number of aryl methyl sites for hydroxylation is 1. The van der Waals surface area contributed by atoms with Crippen LogP contribution in [0.4, 0.5) is 0 Å². The molecule has 7 heteroatoms. The molecule has 0 radical (unpaired) electrons. The van der Waals surface area contributed by atoms with E-state index in [1.165, 1.54) is 51.4 Å². The van der Waals surface area contributed by atoms with E-state index in [4.69, 9.17) is 9.47 Å². The van der Waals surface area contributed by atoms with Gasteiger partial charge in [0.25, 0.3) is 0 Å². The molecule has 0 amide bonds. The number of unbranched alkanes of at least 4 members (excludes halogenated alkanes) is 4. The van der Waals surface area contributed by atoms with E-state index >= 15 is 0 Å². The quantitative estimate of drug-likeness (QED) is 0.0780. The predicted octanol–water partition coefficient (Wildman–Crippen LogP) is 8.71. The van der Waals surface area contributed by atoms with Gasteiger partial charge in [-0.3, -0.25) is 0 Å². The molecule has 2 aromatic carbocycles. The van der Waals surface area contributed by atoms with Crippen LogP contribution in [0.25, 0.3) is 21.8 Å². The summed E-state index contributed by atoms with van der Waals surface area (Å²) in [4.78, 5) is 31.1. The standard InChI is InChI=1S/C38H59N3O4/c1-6-11-21-39(22-12-7-2)25-15-27-44-37(42)31-17-19-35-33(29-31)34-30-32(18-20-36(34)41(35)10-5)38(43)45-28-16-26-40(23-13-8-3)24-14-9-4/h17-20,29-30H,6-16,21-28H2,1-5H3. The molecule has 3 rings (SSSR count). The summed E-state index contributed by atoms with van der Waals surface area (Å²) < 4.78 is 13.6. The third-order valence-corrected chi connectivity index (χ3v) is 8.67. The van der Waals surface area contributed by atoms with Crippen molar-refractivity contribution in [2.75, 3.05) is 52.5 Å². The van der Waals surface area contributed by atoms with Gasteiger partial charge >= 0.3 is 11.9 Å². The summed E-state index contributed by atoms with van der Waals surface area (Å²) in [5.74, 6) is -0.601. The summed E-state index contributed by atoms with van der Waals surface area (Å²) in [6.07, 6.45) is 11.2. The van der Waals surface area contributed by atoms with Gasteiger partial charge in [0.2, 0.25) is 0 Å². The van der Waals surface area contributed by atoms with Gasteiger partial charge in [0.1, 0.15) is 0 Å². The van der Waals surface area contributed by atoms with Gasteiger partial charge in [-0.15, -0.1) is 0 Å². The van der Waals surface area contributed by atoms with Crippen LogP contribution >= 0.6 is 0 Å². The molecule has 1 heterocycles. The lowest BCUT2D eigenvalue weighted by Crippen LogP contribution is -2.28. The van der Waals surface area contributed by atoms with Gasteiger partial charge in [0.05, 0.1) is 24.3 Å². The number of aromatic nitrogens is 1. The van der Waals surface area contributed by atoms with Gasteiger partial charge < -0.3 is 23.8 Å². The molecular weight excluding hydrogens is 562 g/mol. The fraction of sp³-hybridized carbons (Fsp3) is 0.632. The van der Waals surface area contributed by atoms with Crippen LogP contribution in [0.15, 0.2) is 36.4 Å². The second-order valence-corrected chi connectivity index (χ2v) is 12.3. The number of carbonyl (C=O) groups excluding carboxylic acids is 2. The first-order valence-electron chi connectivity index (χ1n) is 17.8. The van der Waals surface area contributed by atoms with Crippen molar-refractivity contribution in [1.29, 1.82) is 0 Å². The molecule has 0 aliphatic heterocycles. The fourth-order valence-corrected chi connectivity index (χ4v) is 5.97. The summed E-state index contributed by atoms with van der Waals surface area (Å²) in [5.41, 5.74) is 3.15. The molecule has 3 aromatic rings. The number of hydrogen-bond donors (Lipinski definition) is 0. The second-order valence-electron chi connectivity index (χ2n) is 12.3. The van der Waals surface area contributed by atoms with Gasteiger partial charge in [-0.25, -0.2) is 9.59 Å². The molecule has 0 N–H and O–H groups in total. The first-order chi connectivity index (χ1) is 22.0. The van der Waals surface area contributed by atoms with Gasteiger partial charge in [0, 0.05) is 41.4 Å². The van der Waals surface area contributed by atoms with Crippen LogP contribution in [0.2, 0.25) is 0 Å². The topological polar surface area (TPSA) is 64.0 Å². The van der Waals surface area contributed by atoms with E-state index in [-0.39, 0.29) is 11.9 Å². The molecule has 250 valence electrons. The normalized spacial score (nSPS) is 11.7. The van der Waals surface area contributed by atoms with Crippen LogP contribution in [0.1, 0.15) is 120 Å². The van der Waals surface area contributed by atoms with Crippen molar-refractivity contribution in [3.8, 4) is 0 Å². The minimum Gasteiger partial charge on any atom is -0.462 e. The van der Waals surface area contributed by atoms with E-state index in [1.54, 1.807) is 0 Å². The number of fused-ring (bicyclic) bond motifs is 3. The van der Waals surface area contributed by atoms with Gasteiger partial charge in [0.15, 0.2) is 0 Å². The summed E-state index contributed by atoms with van der Waals surface area (Å²) in [6.45, 7) is 18.9. The van der Waals surface area contributed by atoms with Gasteiger partial charge in [-0.2, -0.15) is 0 Å². The molecular formula is C38H59N3O4. The van der Waals surface area contributed by atoms with E-state index in [9.17, 15) is 9.59 Å². The molecule has 0 bridgehead atoms. The molecule has 0 aliphatic carbocycles. The lowest BCUT2D eigenvalue weighted by atomic mass is 10.1. The Morgan fingerprint density at radius 3 is 1.24 bits per heavy atom. The van der Waals surface area contributed by atoms with E-state index in [1.807, 2.05) is 36.4 Å². The molecule has 0 unspecified atom stereocenters. The van der Waals surface area contributed by atoms with E-state index < -0.39 is 0 Å². The Balaban J connectivity index is 1.65. The van der Waals surface area contributed by atoms with Crippen molar-refractivity contribution in [1.82, 2.24) is 14.4 Å². The van der Waals surface area contributed by atoms with Crippen molar-refractivity contribution >= 4 is 33.7 Å². The molecule has 0 atom stereocenters. The Bertz CT molecular complexity index is 1200. The predicted molar refractivity (Wildman–Crippen MR) is 187 cm³/mol. The third-order valence-electron chi connectivity index (χ3n) is 8.67. The maximum atomic E-state index is 13.1. The number of rotatable bonds is 23. The van der Waals surface area contributed by atoms with Crippen LogP contribution in [0.3, 0.4) is 0 Å². The minimum atomic E-state index is -0.301. The van der Waals surface area contributed by atoms with Gasteiger partial charge in [-0.1, -0.05) is 53.4 Å². The van der Waals surface area contributed by atoms with Crippen LogP contribution in [0.5, 0.6) is 0 Å². The summed E-state index contributed by atoms with van der Waals surface area (Å²) >= 11 is 0. The maximum absolute atomic E-state index is 13.1. The highest BCUT2D eigenvalue weighted by atomic mass is 16.5. The first-order valence-corrected chi connectivity index (χ1v) is 17.8. The van der Waals surface area contributed by atoms with Crippen LogP contribution in [-0.4, -0.2) is 78.8 Å². The SMILES string of the molecule is CCCCN(CCCC)CCCOC(=O)c1ccc2c(c1)c1cc(C(=O)OCCCN(CCCC)CCCC)ccc1n2CC. The summed E-state index contributed by atoms with van der Waals surface area (Å²) in [5, 5.41) is 1.90. The zero-order valence-corrected chi connectivity index (χ0v) is 28.9. The molecule has 0 saturated carbocycles. The highest BCUT2D eigenvalue weighted by molar-refractivity contribution is 6.12. The van der Waals surface area contributed by atoms with Crippen molar-refractivity contribution < 1.29 is 19.1 Å². The number of benzene rings is 2. The molecule has 0 spiro atoms. The highest BCUT2D eigenvalue weighted by Crippen LogP contribution is 2.31. The molecule has 1 aromatic heterocycles. The fourth-order valence-electron chi connectivity index (χ4n) is 5.97. The lowest BCUT2D eigenvalue weighted by Gasteiger charge is -2.21. The highest BCUT2D eigenvalue weighted by Gasteiger charge is 2.17. The van der Waals surface area contributed by atoms with Gasteiger partial charge in [-0.05, 0) is 108 Å². The molecule has 45 heavy (non-hydrogen) atoms. The summed E-state index contributed by atoms with van der Waals surface area (Å²) in [6, 6.07) is 11.5. The van der Waals surface area contributed by atoms with Crippen molar-refractivity contribution in [2.24, 2.45) is 0 Å². The number of hydrogen-bond acceptors (Lipinski definition) is 6. The smallest absolute Gasteiger partial charge is 0.338 e. The number of carbonyl (C=O) groups is 2. The Kier molecular flexibility index (Phi) is 16.5. The zero-order chi connectivity index (χ0) is 32.4. The Labute approximate surface area is 272 Å². The van der Waals surface area contributed by atoms with E-state index in [0.29, 0.717) is 24.3 Å². The Morgan fingerprint density at radius 2 is 0.911 bits per heavy atom. The third kappa shape index (κ3) is 11.1. The first kappa shape index (κ1) is 36.6. The van der Waals surface area contributed by atoms with E-state index in [0.717, 1.165) is 80.5 Å². The monoisotopic (exact) mass is 621 g/mol. The molecule has 7 nitrogen and oxygen atoms in total. The minimum absolute atomic E-state index is 0.301. The average molecular weight is 622 g/mol. The van der Waals surface area contributed by atoms with Crippen LogP contribution in [0, 0.1) is 0 Å². The van der Waals surface area contributed by atoms with Crippen LogP contribution in [-0.2, 0) is 16.0 Å². The summed E-state index contributed by atoms with van der Waals surface area (Å²) in [7, 11) is 0. The molecule has 0 aliphatic rings. The Hall–Kier alpha value is -2.90. The molecule has 0 saturated heterocycles. The largest absolute Gasteiger partial charge is 0.462 e. The maximum Gasteiger partial charge on any atom is 0.338 e. The average Bonchev–Trinajstić information content (AvgIpc) is 3.38. The number of ether oxygens (including phenoxy) is 2. The van der Waals surface area contributed by atoms with Crippen molar-refractivity contribution in [3.05, 3.63) is 47.5 Å². The van der Waals surface area contributed by atoms with E-state index in [2.05, 4.69) is 49.0 Å². The lowest BCUT2D eigenvalue weighted by molar-refractivity contribution is 0.0478.